The molecule has 0 amide bonds. The Morgan fingerprint density at radius 1 is 1.11 bits per heavy atom. The van der Waals surface area contributed by atoms with Crippen LogP contribution in [-0.4, -0.2) is 11.1 Å². The average molecular weight is 263 g/mol. The first-order chi connectivity index (χ1) is 9.08. The summed E-state index contributed by atoms with van der Waals surface area (Å²) in [6.07, 6.45) is 0. The maximum atomic E-state index is 13.5. The molecule has 1 unspecified atom stereocenters. The minimum atomic E-state index is -1.14. The molecule has 0 fully saturated rings. The second-order valence-electron chi connectivity index (χ2n) is 3.95. The van der Waals surface area contributed by atoms with Crippen LogP contribution < -0.4 is 5.32 Å². The predicted octanol–water partition coefficient (Wildman–Crippen LogP) is 3.20. The van der Waals surface area contributed by atoms with Gasteiger partial charge in [0.15, 0.2) is 6.04 Å². The van der Waals surface area contributed by atoms with Gasteiger partial charge in [0.05, 0.1) is 5.69 Å². The van der Waals surface area contributed by atoms with E-state index in [0.717, 1.165) is 6.07 Å². The molecule has 0 bridgehead atoms. The fraction of sp³-hybridized carbons (Fsp3) is 0.0714. The van der Waals surface area contributed by atoms with Crippen molar-refractivity contribution in [3.05, 3.63) is 65.7 Å². The lowest BCUT2D eigenvalue weighted by molar-refractivity contribution is -0.138. The summed E-state index contributed by atoms with van der Waals surface area (Å²) >= 11 is 0. The Morgan fingerprint density at radius 3 is 2.37 bits per heavy atom. The molecule has 0 saturated carbocycles. The molecule has 0 aliphatic rings. The highest BCUT2D eigenvalue weighted by atomic mass is 19.1. The van der Waals surface area contributed by atoms with Crippen molar-refractivity contribution in [2.24, 2.45) is 0 Å². The third-order valence-corrected chi connectivity index (χ3v) is 2.61. The standard InChI is InChI=1S/C14H11F2NO2/c15-10-6-7-12(11(16)8-10)17-13(14(18)19)9-4-2-1-3-5-9/h1-8,13,17H,(H,18,19). The van der Waals surface area contributed by atoms with E-state index in [4.69, 9.17) is 0 Å². The van der Waals surface area contributed by atoms with E-state index in [-0.39, 0.29) is 5.69 Å². The highest BCUT2D eigenvalue weighted by Gasteiger charge is 2.20. The number of hydrogen-bond donors (Lipinski definition) is 2. The fourth-order valence-electron chi connectivity index (χ4n) is 1.70. The highest BCUT2D eigenvalue weighted by Crippen LogP contribution is 2.22. The third-order valence-electron chi connectivity index (χ3n) is 2.61. The zero-order chi connectivity index (χ0) is 13.8. The molecular formula is C14H11F2NO2. The Hall–Kier alpha value is -2.43. The monoisotopic (exact) mass is 263 g/mol. The van der Waals surface area contributed by atoms with E-state index in [1.165, 1.54) is 6.07 Å². The molecule has 0 heterocycles. The van der Waals surface area contributed by atoms with Crippen molar-refractivity contribution in [2.45, 2.75) is 6.04 Å². The van der Waals surface area contributed by atoms with Gasteiger partial charge in [0.2, 0.25) is 0 Å². The van der Waals surface area contributed by atoms with Crippen LogP contribution in [0.5, 0.6) is 0 Å². The molecule has 1 atom stereocenters. The number of halogens is 2. The van der Waals surface area contributed by atoms with Gasteiger partial charge in [-0.05, 0) is 17.7 Å². The molecule has 98 valence electrons. The maximum Gasteiger partial charge on any atom is 0.330 e. The largest absolute Gasteiger partial charge is 0.479 e. The number of benzene rings is 2. The first kappa shape index (κ1) is 13.0. The van der Waals surface area contributed by atoms with Gasteiger partial charge in [-0.15, -0.1) is 0 Å². The number of aliphatic carboxylic acids is 1. The molecule has 0 aliphatic carbocycles. The van der Waals surface area contributed by atoms with E-state index in [1.807, 2.05) is 0 Å². The van der Waals surface area contributed by atoms with Crippen LogP contribution in [0, 0.1) is 11.6 Å². The molecule has 3 nitrogen and oxygen atoms in total. The number of rotatable bonds is 4. The zero-order valence-electron chi connectivity index (χ0n) is 9.81. The van der Waals surface area contributed by atoms with Gasteiger partial charge in [-0.1, -0.05) is 30.3 Å². The van der Waals surface area contributed by atoms with Crippen molar-refractivity contribution < 1.29 is 18.7 Å². The van der Waals surface area contributed by atoms with Crippen LogP contribution >= 0.6 is 0 Å². The Labute approximate surface area is 108 Å². The summed E-state index contributed by atoms with van der Waals surface area (Å²) in [7, 11) is 0. The summed E-state index contributed by atoms with van der Waals surface area (Å²) in [5, 5.41) is 11.7. The summed E-state index contributed by atoms with van der Waals surface area (Å²) < 4.78 is 26.3. The van der Waals surface area contributed by atoms with Crippen LogP contribution in [0.1, 0.15) is 11.6 Å². The minimum Gasteiger partial charge on any atom is -0.479 e. The lowest BCUT2D eigenvalue weighted by Crippen LogP contribution is -2.21. The van der Waals surface area contributed by atoms with Crippen LogP contribution in [0.3, 0.4) is 0 Å². The summed E-state index contributed by atoms with van der Waals surface area (Å²) in [6.45, 7) is 0. The van der Waals surface area contributed by atoms with E-state index in [0.29, 0.717) is 11.6 Å². The number of carbonyl (C=O) groups is 1. The molecule has 0 aromatic heterocycles. The maximum absolute atomic E-state index is 13.5. The van der Waals surface area contributed by atoms with E-state index in [9.17, 15) is 18.7 Å². The Morgan fingerprint density at radius 2 is 1.79 bits per heavy atom. The quantitative estimate of drug-likeness (QED) is 0.890. The van der Waals surface area contributed by atoms with Crippen molar-refractivity contribution in [1.29, 1.82) is 0 Å². The summed E-state index contributed by atoms with van der Waals surface area (Å²) in [6, 6.07) is 10.2. The van der Waals surface area contributed by atoms with E-state index in [2.05, 4.69) is 5.32 Å². The van der Waals surface area contributed by atoms with E-state index < -0.39 is 23.6 Å². The number of nitrogens with one attached hydrogen (secondary N) is 1. The highest BCUT2D eigenvalue weighted by molar-refractivity contribution is 5.79. The van der Waals surface area contributed by atoms with Gasteiger partial charge in [0, 0.05) is 6.07 Å². The molecule has 19 heavy (non-hydrogen) atoms. The molecule has 2 rings (SSSR count). The van der Waals surface area contributed by atoms with Crippen molar-refractivity contribution in [1.82, 2.24) is 0 Å². The van der Waals surface area contributed by atoms with Gasteiger partial charge in [-0.3, -0.25) is 0 Å². The summed E-state index contributed by atoms with van der Waals surface area (Å²) in [5.74, 6) is -2.69. The van der Waals surface area contributed by atoms with Crippen molar-refractivity contribution in [3.8, 4) is 0 Å². The van der Waals surface area contributed by atoms with Gasteiger partial charge < -0.3 is 10.4 Å². The Kier molecular flexibility index (Phi) is 3.75. The van der Waals surface area contributed by atoms with Crippen molar-refractivity contribution in [3.63, 3.8) is 0 Å². The van der Waals surface area contributed by atoms with E-state index in [1.54, 1.807) is 30.3 Å². The Bertz CT molecular complexity index is 587. The normalized spacial score (nSPS) is 11.9. The van der Waals surface area contributed by atoms with Gasteiger partial charge in [0.25, 0.3) is 0 Å². The molecule has 0 saturated heterocycles. The smallest absolute Gasteiger partial charge is 0.330 e. The van der Waals surface area contributed by atoms with Gasteiger partial charge in [-0.25, -0.2) is 13.6 Å². The molecule has 2 aromatic carbocycles. The summed E-state index contributed by atoms with van der Waals surface area (Å²) in [4.78, 5) is 11.2. The van der Waals surface area contributed by atoms with E-state index >= 15 is 0 Å². The molecule has 0 radical (unpaired) electrons. The van der Waals surface area contributed by atoms with Gasteiger partial charge in [0.1, 0.15) is 11.6 Å². The van der Waals surface area contributed by atoms with Gasteiger partial charge in [-0.2, -0.15) is 0 Å². The van der Waals surface area contributed by atoms with Crippen molar-refractivity contribution in [2.75, 3.05) is 5.32 Å². The first-order valence-corrected chi connectivity index (χ1v) is 5.57. The van der Waals surface area contributed by atoms with Crippen LogP contribution in [-0.2, 0) is 4.79 Å². The second kappa shape index (κ2) is 5.48. The minimum absolute atomic E-state index is 0.0577. The van der Waals surface area contributed by atoms with Crippen LogP contribution in [0.25, 0.3) is 0 Å². The SMILES string of the molecule is O=C(O)C(Nc1ccc(F)cc1F)c1ccccc1. The first-order valence-electron chi connectivity index (χ1n) is 5.57. The lowest BCUT2D eigenvalue weighted by atomic mass is 10.1. The Balaban J connectivity index is 2.29. The number of carboxylic acid groups (broad SMARTS) is 1. The zero-order valence-corrected chi connectivity index (χ0v) is 9.81. The lowest BCUT2D eigenvalue weighted by Gasteiger charge is -2.16. The summed E-state index contributed by atoms with van der Waals surface area (Å²) in [5.41, 5.74) is 0.427. The van der Waals surface area contributed by atoms with Gasteiger partial charge >= 0.3 is 5.97 Å². The third kappa shape index (κ3) is 3.07. The van der Waals surface area contributed by atoms with Crippen LogP contribution in [0.15, 0.2) is 48.5 Å². The molecule has 0 spiro atoms. The molecule has 2 N–H and O–H groups in total. The second-order valence-corrected chi connectivity index (χ2v) is 3.95. The molecular weight excluding hydrogens is 252 g/mol. The topological polar surface area (TPSA) is 49.3 Å². The fourth-order valence-corrected chi connectivity index (χ4v) is 1.70. The molecule has 5 heteroatoms. The predicted molar refractivity (Wildman–Crippen MR) is 66.8 cm³/mol. The molecule has 0 aliphatic heterocycles. The number of anilines is 1. The van der Waals surface area contributed by atoms with Crippen molar-refractivity contribution >= 4 is 11.7 Å². The van der Waals surface area contributed by atoms with Crippen LogP contribution in [0.4, 0.5) is 14.5 Å². The van der Waals surface area contributed by atoms with Crippen LogP contribution in [0.2, 0.25) is 0 Å². The average Bonchev–Trinajstić information content (AvgIpc) is 2.38. The molecule has 2 aromatic rings. The number of carboxylic acids is 1. The number of hydrogen-bond acceptors (Lipinski definition) is 2.